The van der Waals surface area contributed by atoms with E-state index >= 15 is 0 Å². The fraction of sp³-hybridized carbons (Fsp3) is 0.600. The summed E-state index contributed by atoms with van der Waals surface area (Å²) in [5.74, 6) is -3.79. The zero-order valence-electron chi connectivity index (χ0n) is 9.00. The summed E-state index contributed by atoms with van der Waals surface area (Å²) in [7, 11) is 0. The minimum Gasteiger partial charge on any atom is -1.00 e. The van der Waals surface area contributed by atoms with Crippen LogP contribution in [0.25, 0.3) is 0 Å². The summed E-state index contributed by atoms with van der Waals surface area (Å²) in [5, 5.41) is 16.3. The molecule has 0 aromatic rings. The average molecular weight is 196 g/mol. The van der Waals surface area contributed by atoms with Crippen molar-refractivity contribution in [2.24, 2.45) is 5.92 Å². The van der Waals surface area contributed by atoms with Crippen LogP contribution in [-0.4, -0.2) is 22.2 Å². The van der Waals surface area contributed by atoms with Crippen LogP contribution in [0.15, 0.2) is 0 Å². The van der Waals surface area contributed by atoms with E-state index in [0.717, 1.165) is 0 Å². The van der Waals surface area contributed by atoms with Gasteiger partial charge in [-0.05, 0) is 6.42 Å². The molecule has 0 fully saturated rings. The molecule has 0 spiro atoms. The van der Waals surface area contributed by atoms with Crippen molar-refractivity contribution in [3.05, 3.63) is 0 Å². The van der Waals surface area contributed by atoms with Crippen LogP contribution >= 0.6 is 0 Å². The van der Waals surface area contributed by atoms with E-state index in [9.17, 15) is 9.59 Å². The summed E-state index contributed by atoms with van der Waals surface area (Å²) in [6.45, 7) is 1.52. The Hall–Kier alpha value is 1.58. The van der Waals surface area contributed by atoms with Crippen LogP contribution in [0.4, 0.5) is 0 Å². The third-order valence-electron chi connectivity index (χ3n) is 1.00. The van der Waals surface area contributed by atoms with E-state index in [1.807, 2.05) is 0 Å². The molecular formula is C5H10KNaO4. The molecule has 0 aliphatic heterocycles. The molecule has 0 unspecified atom stereocenters. The molecule has 0 amide bonds. The molecule has 0 rings (SSSR count). The van der Waals surface area contributed by atoms with Gasteiger partial charge in [-0.3, -0.25) is 9.59 Å². The van der Waals surface area contributed by atoms with Crippen LogP contribution < -0.4 is 80.9 Å². The van der Waals surface area contributed by atoms with Crippen molar-refractivity contribution in [3.63, 3.8) is 0 Å². The molecule has 11 heavy (non-hydrogen) atoms. The van der Waals surface area contributed by atoms with Crippen molar-refractivity contribution in [1.82, 2.24) is 0 Å². The van der Waals surface area contributed by atoms with Gasteiger partial charge in [0.2, 0.25) is 0 Å². The fourth-order valence-corrected chi connectivity index (χ4v) is 0.455. The van der Waals surface area contributed by atoms with E-state index in [-0.39, 0.29) is 90.2 Å². The molecule has 0 atom stereocenters. The van der Waals surface area contributed by atoms with Crippen LogP contribution in [0.5, 0.6) is 0 Å². The molecule has 0 saturated heterocycles. The van der Waals surface area contributed by atoms with Crippen LogP contribution in [0, 0.1) is 5.92 Å². The van der Waals surface area contributed by atoms with Gasteiger partial charge in [0, 0.05) is 0 Å². The molecule has 4 nitrogen and oxygen atoms in total. The summed E-state index contributed by atoms with van der Waals surface area (Å²) in [4.78, 5) is 20.0. The number of aliphatic carboxylic acids is 2. The molecule has 0 aromatic heterocycles. The predicted molar refractivity (Wildman–Crippen MR) is 31.3 cm³/mol. The average Bonchev–Trinajstić information content (AvgIpc) is 1.64. The summed E-state index contributed by atoms with van der Waals surface area (Å²) in [5.41, 5.74) is 0. The third-order valence-corrected chi connectivity index (χ3v) is 1.00. The molecule has 2 N–H and O–H groups in total. The number of carbonyl (C=O) groups is 2. The Labute approximate surface area is 132 Å². The topological polar surface area (TPSA) is 74.6 Å². The zero-order chi connectivity index (χ0) is 7.44. The monoisotopic (exact) mass is 196 g/mol. The summed E-state index contributed by atoms with van der Waals surface area (Å²) < 4.78 is 0. The van der Waals surface area contributed by atoms with Crippen LogP contribution in [0.1, 0.15) is 16.2 Å². The first kappa shape index (κ1) is 18.4. The van der Waals surface area contributed by atoms with Gasteiger partial charge in [0.15, 0.2) is 5.92 Å². The van der Waals surface area contributed by atoms with Crippen LogP contribution in [-0.2, 0) is 9.59 Å². The number of carboxylic acid groups (broad SMARTS) is 2. The molecule has 0 aliphatic carbocycles. The Balaban J connectivity index is -0.0000000533. The maximum atomic E-state index is 9.99. The minimum atomic E-state index is -1.27. The van der Waals surface area contributed by atoms with E-state index in [0.29, 0.717) is 0 Å². The Morgan fingerprint density at radius 1 is 1.36 bits per heavy atom. The third kappa shape index (κ3) is 7.92. The normalized spacial score (nSPS) is 7.82. The van der Waals surface area contributed by atoms with Gasteiger partial charge in [0.1, 0.15) is 0 Å². The predicted octanol–water partition coefficient (Wildman–Crippen LogP) is -5.59. The van der Waals surface area contributed by atoms with Gasteiger partial charge in [0.25, 0.3) is 0 Å². The van der Waals surface area contributed by atoms with Crippen LogP contribution in [0.3, 0.4) is 0 Å². The minimum absolute atomic E-state index is 0. The van der Waals surface area contributed by atoms with Crippen molar-refractivity contribution in [2.45, 2.75) is 13.3 Å². The van der Waals surface area contributed by atoms with E-state index in [2.05, 4.69) is 0 Å². The second kappa shape index (κ2) is 9.66. The quantitative estimate of drug-likeness (QED) is 0.349. The van der Waals surface area contributed by atoms with E-state index in [1.54, 1.807) is 0 Å². The van der Waals surface area contributed by atoms with Crippen molar-refractivity contribution in [3.8, 4) is 0 Å². The first-order valence-corrected chi connectivity index (χ1v) is 2.55. The molecule has 0 heterocycles. The maximum absolute atomic E-state index is 9.99. The zero-order valence-corrected chi connectivity index (χ0v) is 12.1. The first-order chi connectivity index (χ1) is 4.09. The van der Waals surface area contributed by atoms with Gasteiger partial charge in [-0.15, -0.1) is 0 Å². The summed E-state index contributed by atoms with van der Waals surface area (Å²) in [6, 6.07) is 0. The molecule has 0 aromatic carbocycles. The Morgan fingerprint density at radius 3 is 1.64 bits per heavy atom. The van der Waals surface area contributed by atoms with Gasteiger partial charge < -0.3 is 13.1 Å². The number of carboxylic acids is 2. The van der Waals surface area contributed by atoms with Gasteiger partial charge in [-0.25, -0.2) is 0 Å². The van der Waals surface area contributed by atoms with E-state index < -0.39 is 17.9 Å². The van der Waals surface area contributed by atoms with E-state index in [1.165, 1.54) is 6.92 Å². The second-order valence-electron chi connectivity index (χ2n) is 1.64. The molecule has 0 aliphatic rings. The van der Waals surface area contributed by atoms with Gasteiger partial charge in [-0.1, -0.05) is 6.92 Å². The van der Waals surface area contributed by atoms with Crippen molar-refractivity contribution < 1.29 is 104 Å². The maximum Gasteiger partial charge on any atom is 1.00 e. The van der Waals surface area contributed by atoms with Crippen molar-refractivity contribution in [2.75, 3.05) is 0 Å². The molecule has 6 heteroatoms. The first-order valence-electron chi connectivity index (χ1n) is 2.55. The van der Waals surface area contributed by atoms with Crippen molar-refractivity contribution in [1.29, 1.82) is 0 Å². The van der Waals surface area contributed by atoms with Crippen molar-refractivity contribution >= 4 is 11.9 Å². The molecule has 56 valence electrons. The number of hydrogen-bond donors (Lipinski definition) is 2. The SMILES string of the molecule is CCC(C(=O)O)C(=O)O.[H-].[H-].[K+].[Na+]. The van der Waals surface area contributed by atoms with Crippen LogP contribution in [0.2, 0.25) is 0 Å². The Morgan fingerprint density at radius 2 is 1.64 bits per heavy atom. The molecule has 0 saturated carbocycles. The van der Waals surface area contributed by atoms with Gasteiger partial charge >= 0.3 is 92.9 Å². The summed E-state index contributed by atoms with van der Waals surface area (Å²) in [6.07, 6.45) is 0.130. The standard InChI is InChI=1S/C5H8O4.K.Na.2H/c1-2-3(4(6)7)5(8)9;;;;/h3H,2H2,1H3,(H,6,7)(H,8,9);;;;/q;2*+1;2*-1. The Kier molecular flexibility index (Phi) is 16.1. The number of hydrogen-bond acceptors (Lipinski definition) is 2. The van der Waals surface area contributed by atoms with E-state index in [4.69, 9.17) is 10.2 Å². The molecule has 0 bridgehead atoms. The van der Waals surface area contributed by atoms with Gasteiger partial charge in [0.05, 0.1) is 0 Å². The number of rotatable bonds is 3. The summed E-state index contributed by atoms with van der Waals surface area (Å²) >= 11 is 0. The molecular weight excluding hydrogens is 186 g/mol. The second-order valence-corrected chi connectivity index (χ2v) is 1.64. The Bertz CT molecular complexity index is 132. The fourth-order valence-electron chi connectivity index (χ4n) is 0.455. The largest absolute Gasteiger partial charge is 1.00 e. The molecule has 0 radical (unpaired) electrons. The van der Waals surface area contributed by atoms with Gasteiger partial charge in [-0.2, -0.15) is 0 Å². The smallest absolute Gasteiger partial charge is 1.00 e.